The number of nitrogens with zero attached hydrogens (tertiary/aromatic N) is 2. The van der Waals surface area contributed by atoms with Crippen LogP contribution in [0.3, 0.4) is 0 Å². The molecule has 514 valence electrons. The van der Waals surface area contributed by atoms with E-state index in [1.165, 1.54) is 48.5 Å². The maximum atomic E-state index is 14.8. The van der Waals surface area contributed by atoms with Gasteiger partial charge in [0, 0.05) is 24.5 Å². The molecule has 22 heteroatoms. The van der Waals surface area contributed by atoms with E-state index in [-0.39, 0.29) is 85.4 Å². The number of nitriles is 1. The predicted molar refractivity (Wildman–Crippen MR) is 362 cm³/mol. The van der Waals surface area contributed by atoms with Crippen LogP contribution < -0.4 is 14.8 Å². The molecule has 0 aromatic heterocycles. The number of ketones is 1. The third kappa shape index (κ3) is 19.3. The van der Waals surface area contributed by atoms with Crippen molar-refractivity contribution in [3.63, 3.8) is 0 Å². The Labute approximate surface area is 572 Å². The summed E-state index contributed by atoms with van der Waals surface area (Å²) in [7, 11) is 1.54. The highest BCUT2D eigenvalue weighted by Gasteiger charge is 2.54. The average molecular weight is 1360 g/mol. The Morgan fingerprint density at radius 1 is 0.561 bits per heavy atom. The summed E-state index contributed by atoms with van der Waals surface area (Å²) >= 11 is 0. The van der Waals surface area contributed by atoms with E-state index >= 15 is 0 Å². The molecule has 0 spiro atoms. The van der Waals surface area contributed by atoms with Crippen molar-refractivity contribution in [3.8, 4) is 17.6 Å². The molecule has 1 aliphatic heterocycles. The van der Waals surface area contributed by atoms with Gasteiger partial charge in [-0.05, 0) is 136 Å². The molecule has 2 fully saturated rings. The van der Waals surface area contributed by atoms with E-state index < -0.39 is 99.9 Å². The fraction of sp³-hybridized carbons (Fsp3) is 0.355. The monoisotopic (exact) mass is 1360 g/mol. The van der Waals surface area contributed by atoms with E-state index in [0.717, 1.165) is 16.7 Å². The highest BCUT2D eigenvalue weighted by molar-refractivity contribution is 7.44. The first-order valence-corrected chi connectivity index (χ1v) is 33.6. The average Bonchev–Trinajstić information content (AvgIpc) is 1.06. The summed E-state index contributed by atoms with van der Waals surface area (Å²) in [6, 6.07) is 59.4. The molecule has 7 aromatic carbocycles. The standard InChI is InChI=1S/C76H82N3O18P/c1-51(2)79(52(3)4)98(91-43-22-41-77)92-47-57-45-63(97-76(58-31-20-11-21-32-58,59-33-37-61(86-5)38-34-59)60-35-39-62(87-6)40-36-60)46-64(57)65(80)48-88-44-42-78-67(81)50-90-75-70(96-74(85)56-29-18-10-19-30-56)69(95-73(84)55-27-16-9-17-28-55)68(94-72(83)54-25-14-8-15-26-54)66(93-75)49-89-71(82)53-23-12-7-13-24-53/h7-21,23-40,51-52,57,63-64,66,68-70,75H,22,42-50H2,1-6H3,(H,78,81)/t57-,63-,64?,66?,68-,69-,70?,75+,98?/m0/s1. The van der Waals surface area contributed by atoms with Gasteiger partial charge in [-0.3, -0.25) is 9.59 Å². The highest BCUT2D eigenvalue weighted by Crippen LogP contribution is 2.50. The molecule has 1 N–H and O–H groups in total. The summed E-state index contributed by atoms with van der Waals surface area (Å²) < 4.78 is 76.8. The fourth-order valence-electron chi connectivity index (χ4n) is 11.9. The molecular formula is C76H82N3O18P. The molecule has 7 aromatic rings. The zero-order chi connectivity index (χ0) is 69.4. The van der Waals surface area contributed by atoms with Crippen LogP contribution in [0.4, 0.5) is 0 Å². The molecule has 9 rings (SSSR count). The molecule has 1 saturated heterocycles. The molecular weight excluding hydrogens is 1270 g/mol. The lowest BCUT2D eigenvalue weighted by Gasteiger charge is -2.44. The molecule has 1 aliphatic carbocycles. The second-order valence-corrected chi connectivity index (χ2v) is 25.3. The Bertz CT molecular complexity index is 3660. The number of esters is 4. The van der Waals surface area contributed by atoms with Gasteiger partial charge in [-0.1, -0.05) is 127 Å². The minimum atomic E-state index is -1.75. The van der Waals surface area contributed by atoms with Crippen LogP contribution in [0.2, 0.25) is 0 Å². The first kappa shape index (κ1) is 73.1. The van der Waals surface area contributed by atoms with Crippen molar-refractivity contribution in [1.29, 1.82) is 5.26 Å². The van der Waals surface area contributed by atoms with Crippen LogP contribution in [0.1, 0.15) is 105 Å². The molecule has 0 bridgehead atoms. The van der Waals surface area contributed by atoms with E-state index in [2.05, 4.69) is 43.8 Å². The summed E-state index contributed by atoms with van der Waals surface area (Å²) in [5.41, 5.74) is 1.76. The van der Waals surface area contributed by atoms with Crippen molar-refractivity contribution in [2.75, 3.05) is 60.4 Å². The van der Waals surface area contributed by atoms with Gasteiger partial charge in [-0.15, -0.1) is 0 Å². The minimum Gasteiger partial charge on any atom is -0.497 e. The van der Waals surface area contributed by atoms with Crippen LogP contribution in [-0.2, 0) is 62.1 Å². The zero-order valence-electron chi connectivity index (χ0n) is 55.6. The van der Waals surface area contributed by atoms with Crippen LogP contribution in [0.5, 0.6) is 11.5 Å². The van der Waals surface area contributed by atoms with E-state index in [9.17, 15) is 34.0 Å². The van der Waals surface area contributed by atoms with Crippen LogP contribution in [-0.4, -0.2) is 150 Å². The first-order chi connectivity index (χ1) is 47.6. The molecule has 1 amide bonds. The largest absolute Gasteiger partial charge is 0.497 e. The van der Waals surface area contributed by atoms with Crippen molar-refractivity contribution in [1.82, 2.24) is 9.99 Å². The lowest BCUT2D eigenvalue weighted by molar-refractivity contribution is -0.296. The summed E-state index contributed by atoms with van der Waals surface area (Å²) in [4.78, 5) is 84.5. The number of carbonyl (C=O) groups is 6. The number of ether oxygens (including phenoxy) is 10. The Morgan fingerprint density at radius 3 is 1.52 bits per heavy atom. The Hall–Kier alpha value is -9.20. The van der Waals surface area contributed by atoms with Crippen molar-refractivity contribution < 1.29 is 85.2 Å². The number of hydrogen-bond acceptors (Lipinski definition) is 20. The summed E-state index contributed by atoms with van der Waals surface area (Å²) in [5.74, 6) is -4.10. The van der Waals surface area contributed by atoms with Crippen LogP contribution in [0.25, 0.3) is 0 Å². The van der Waals surface area contributed by atoms with Gasteiger partial charge in [-0.25, -0.2) is 23.8 Å². The molecule has 1 heterocycles. The lowest BCUT2D eigenvalue weighted by Crippen LogP contribution is -2.63. The number of methoxy groups -OCH3 is 2. The molecule has 21 nitrogen and oxygen atoms in total. The SMILES string of the molecule is COc1ccc(C(O[C@@H]2CC(C(=O)COCCNC(=O)CO[C@@H]3OC(COC(=O)c4ccccc4)[C@H](OC(=O)c4ccccc4)[C@H](OC(=O)c4ccccc4)C3OC(=O)c3ccccc3)[C@H](COP(OCCC#N)N(C(C)C)C(C)C)C2)(c2ccccc2)c2ccc(OC)cc2)cc1. The van der Waals surface area contributed by atoms with Gasteiger partial charge >= 0.3 is 23.9 Å². The van der Waals surface area contributed by atoms with Gasteiger partial charge in [-0.2, -0.15) is 5.26 Å². The van der Waals surface area contributed by atoms with Crippen molar-refractivity contribution in [3.05, 3.63) is 239 Å². The van der Waals surface area contributed by atoms with E-state index in [4.69, 9.17) is 56.4 Å². The van der Waals surface area contributed by atoms with E-state index in [1.54, 1.807) is 87.0 Å². The minimum absolute atomic E-state index is 0.0228. The number of amides is 1. The number of hydrogen-bond donors (Lipinski definition) is 1. The quantitative estimate of drug-likeness (QED) is 0.0129. The second kappa shape index (κ2) is 36.4. The fourth-order valence-corrected chi connectivity index (χ4v) is 13.6. The Balaban J connectivity index is 0.936. The van der Waals surface area contributed by atoms with Gasteiger partial charge in [0.2, 0.25) is 5.91 Å². The first-order valence-electron chi connectivity index (χ1n) is 32.5. The van der Waals surface area contributed by atoms with Gasteiger partial charge in [0.1, 0.15) is 43.0 Å². The zero-order valence-corrected chi connectivity index (χ0v) is 56.5. The van der Waals surface area contributed by atoms with Crippen molar-refractivity contribution in [2.45, 2.75) is 101 Å². The Morgan fingerprint density at radius 2 is 1.03 bits per heavy atom. The number of benzene rings is 7. The maximum Gasteiger partial charge on any atom is 0.338 e. The highest BCUT2D eigenvalue weighted by atomic mass is 31.2. The van der Waals surface area contributed by atoms with Gasteiger partial charge in [0.15, 0.2) is 30.4 Å². The number of Topliss-reactive ketones (excluding diaryl/α,β-unsaturated/α-hetero) is 1. The lowest BCUT2D eigenvalue weighted by atomic mass is 9.79. The third-order valence-electron chi connectivity index (χ3n) is 16.6. The summed E-state index contributed by atoms with van der Waals surface area (Å²) in [5, 5.41) is 12.2. The summed E-state index contributed by atoms with van der Waals surface area (Å²) in [6.07, 6.45) is -7.98. The van der Waals surface area contributed by atoms with Crippen LogP contribution in [0.15, 0.2) is 200 Å². The normalized spacial score (nSPS) is 19.4. The topological polar surface area (TPSA) is 252 Å². The number of rotatable bonds is 34. The molecule has 0 radical (unpaired) electrons. The van der Waals surface area contributed by atoms with Gasteiger partial charge in [0.25, 0.3) is 8.53 Å². The van der Waals surface area contributed by atoms with E-state index in [0.29, 0.717) is 24.3 Å². The van der Waals surface area contributed by atoms with Crippen molar-refractivity contribution >= 4 is 44.1 Å². The van der Waals surface area contributed by atoms with Crippen LogP contribution >= 0.6 is 8.53 Å². The van der Waals surface area contributed by atoms with Gasteiger partial charge < -0.3 is 61.7 Å². The van der Waals surface area contributed by atoms with Crippen LogP contribution in [0, 0.1) is 23.2 Å². The third-order valence-corrected chi connectivity index (χ3v) is 18.6. The summed E-state index contributed by atoms with van der Waals surface area (Å²) in [6.45, 7) is 6.58. The maximum absolute atomic E-state index is 14.8. The number of carbonyl (C=O) groups excluding carboxylic acids is 6. The molecule has 98 heavy (non-hydrogen) atoms. The molecule has 1 saturated carbocycles. The number of nitrogens with one attached hydrogen (secondary N) is 1. The molecule has 2 aliphatic rings. The van der Waals surface area contributed by atoms with Crippen molar-refractivity contribution in [2.24, 2.45) is 11.8 Å². The molecule has 4 unspecified atom stereocenters. The second-order valence-electron chi connectivity index (χ2n) is 23.8. The van der Waals surface area contributed by atoms with Gasteiger partial charge in [0.05, 0.1) is 74.9 Å². The van der Waals surface area contributed by atoms with E-state index in [1.807, 2.05) is 78.9 Å². The predicted octanol–water partition coefficient (Wildman–Crippen LogP) is 11.7. The smallest absolute Gasteiger partial charge is 0.338 e. The molecule has 9 atom stereocenters. The Kier molecular flexibility index (Phi) is 27.1.